The molecule has 3 aliphatic rings. The fourth-order valence-electron chi connectivity index (χ4n) is 3.69. The largest absolute Gasteiger partial charge is 0.341 e. The van der Waals surface area contributed by atoms with Crippen molar-refractivity contribution in [2.24, 2.45) is 11.8 Å². The molecule has 6 heteroatoms. The van der Waals surface area contributed by atoms with Crippen molar-refractivity contribution in [2.45, 2.75) is 38.8 Å². The van der Waals surface area contributed by atoms with E-state index in [0.29, 0.717) is 19.0 Å². The smallest absolute Gasteiger partial charge is 0.249 e. The second-order valence-corrected chi connectivity index (χ2v) is 6.85. The highest BCUT2D eigenvalue weighted by atomic mass is 16.2. The zero-order valence-electron chi connectivity index (χ0n) is 12.9. The van der Waals surface area contributed by atoms with Gasteiger partial charge in [0, 0.05) is 25.2 Å². The van der Waals surface area contributed by atoms with Gasteiger partial charge >= 0.3 is 0 Å². The minimum absolute atomic E-state index is 0.115. The van der Waals surface area contributed by atoms with Crippen LogP contribution in [0.15, 0.2) is 12.3 Å². The average molecular weight is 302 g/mol. The molecule has 118 valence electrons. The van der Waals surface area contributed by atoms with Gasteiger partial charge in [-0.3, -0.25) is 14.3 Å². The minimum atomic E-state index is -0.352. The van der Waals surface area contributed by atoms with Gasteiger partial charge in [0.25, 0.3) is 0 Å². The lowest BCUT2D eigenvalue weighted by atomic mass is 10.1. The van der Waals surface area contributed by atoms with Crippen LogP contribution in [0, 0.1) is 11.8 Å². The molecule has 0 aromatic carbocycles. The van der Waals surface area contributed by atoms with E-state index in [9.17, 15) is 9.59 Å². The predicted octanol–water partition coefficient (Wildman–Crippen LogP) is 1.04. The van der Waals surface area contributed by atoms with Gasteiger partial charge in [0.1, 0.15) is 6.04 Å². The Kier molecular flexibility index (Phi) is 3.20. The summed E-state index contributed by atoms with van der Waals surface area (Å²) >= 11 is 0. The van der Waals surface area contributed by atoms with Crippen molar-refractivity contribution in [3.05, 3.63) is 18.0 Å². The maximum Gasteiger partial charge on any atom is 0.249 e. The van der Waals surface area contributed by atoms with E-state index in [1.165, 1.54) is 0 Å². The number of carbonyl (C=O) groups excluding carboxylic acids is 2. The monoisotopic (exact) mass is 302 g/mol. The van der Waals surface area contributed by atoms with Crippen LogP contribution in [0.2, 0.25) is 0 Å². The van der Waals surface area contributed by atoms with Gasteiger partial charge in [-0.05, 0) is 31.2 Å². The van der Waals surface area contributed by atoms with Crippen LogP contribution in [0.1, 0.15) is 37.9 Å². The highest BCUT2D eigenvalue weighted by Gasteiger charge is 2.44. The highest BCUT2D eigenvalue weighted by Crippen LogP contribution is 2.40. The Morgan fingerprint density at radius 2 is 1.91 bits per heavy atom. The third-order valence-electron chi connectivity index (χ3n) is 5.23. The zero-order valence-corrected chi connectivity index (χ0v) is 12.9. The van der Waals surface area contributed by atoms with Crippen molar-refractivity contribution in [3.63, 3.8) is 0 Å². The van der Waals surface area contributed by atoms with Gasteiger partial charge in [0.2, 0.25) is 11.8 Å². The van der Waals surface area contributed by atoms with Crippen LogP contribution in [-0.2, 0) is 16.1 Å². The van der Waals surface area contributed by atoms with Crippen LogP contribution in [0.25, 0.3) is 0 Å². The number of likely N-dealkylation sites (tertiary alicyclic amines) is 1. The Hall–Kier alpha value is -1.85. The highest BCUT2D eigenvalue weighted by molar-refractivity contribution is 5.85. The summed E-state index contributed by atoms with van der Waals surface area (Å²) < 4.78 is 1.82. The summed E-state index contributed by atoms with van der Waals surface area (Å²) in [6.45, 7) is 4.82. The van der Waals surface area contributed by atoms with Crippen molar-refractivity contribution in [3.8, 4) is 0 Å². The molecule has 3 heterocycles. The first-order chi connectivity index (χ1) is 10.6. The Balaban J connectivity index is 1.57. The summed E-state index contributed by atoms with van der Waals surface area (Å²) in [7, 11) is 0. The lowest BCUT2D eigenvalue weighted by Crippen LogP contribution is -2.48. The molecule has 0 spiro atoms. The summed E-state index contributed by atoms with van der Waals surface area (Å²) in [6.07, 6.45) is 4.87. The van der Waals surface area contributed by atoms with Crippen LogP contribution < -0.4 is 0 Å². The number of carbonyl (C=O) groups is 2. The number of rotatable bonds is 2. The quantitative estimate of drug-likeness (QED) is 0.820. The fourth-order valence-corrected chi connectivity index (χ4v) is 3.69. The number of hydrogen-bond donors (Lipinski definition) is 0. The van der Waals surface area contributed by atoms with Crippen molar-refractivity contribution in [1.82, 2.24) is 19.6 Å². The summed E-state index contributed by atoms with van der Waals surface area (Å²) in [5.41, 5.74) is 0.963. The van der Waals surface area contributed by atoms with E-state index in [4.69, 9.17) is 0 Å². The van der Waals surface area contributed by atoms with Crippen molar-refractivity contribution in [1.29, 1.82) is 0 Å². The summed E-state index contributed by atoms with van der Waals surface area (Å²) in [5, 5.41) is 4.33. The molecule has 1 aromatic rings. The standard InChI is InChI=1S/C16H22N4O2/c1-11-8-13(11)15(21)19-9-12-4-5-17-20(12)14(10-19)16(22)18-6-2-3-7-18/h4-5,11,13-14H,2-3,6-10H2,1H3. The molecule has 3 atom stereocenters. The van der Waals surface area contributed by atoms with Gasteiger partial charge in [0.15, 0.2) is 0 Å². The molecule has 4 rings (SSSR count). The second-order valence-electron chi connectivity index (χ2n) is 6.85. The maximum absolute atomic E-state index is 12.8. The number of nitrogens with zero attached hydrogens (tertiary/aromatic N) is 4. The first-order valence-electron chi connectivity index (χ1n) is 8.25. The molecule has 0 radical (unpaired) electrons. The number of aromatic nitrogens is 2. The number of hydrogen-bond acceptors (Lipinski definition) is 3. The molecule has 1 aromatic heterocycles. The van der Waals surface area contributed by atoms with Gasteiger partial charge in [0.05, 0.1) is 18.8 Å². The molecule has 3 unspecified atom stereocenters. The first kappa shape index (κ1) is 13.8. The third kappa shape index (κ3) is 2.21. The summed E-state index contributed by atoms with van der Waals surface area (Å²) in [6, 6.07) is 1.56. The predicted molar refractivity (Wildman–Crippen MR) is 79.8 cm³/mol. The van der Waals surface area contributed by atoms with Crippen LogP contribution in [0.4, 0.5) is 0 Å². The lowest BCUT2D eigenvalue weighted by Gasteiger charge is -2.35. The van der Waals surface area contributed by atoms with E-state index in [1.807, 2.05) is 20.5 Å². The van der Waals surface area contributed by atoms with E-state index in [2.05, 4.69) is 12.0 Å². The molecule has 1 aliphatic carbocycles. The van der Waals surface area contributed by atoms with Gasteiger partial charge in [-0.15, -0.1) is 0 Å². The Labute approximate surface area is 130 Å². The molecule has 2 aliphatic heterocycles. The molecule has 2 amide bonds. The fraction of sp³-hybridized carbons (Fsp3) is 0.688. The molecule has 6 nitrogen and oxygen atoms in total. The van der Waals surface area contributed by atoms with E-state index < -0.39 is 0 Å². The molecule has 1 saturated heterocycles. The van der Waals surface area contributed by atoms with Crippen LogP contribution in [-0.4, -0.2) is 51.0 Å². The van der Waals surface area contributed by atoms with Gasteiger partial charge in [-0.1, -0.05) is 6.92 Å². The second kappa shape index (κ2) is 5.11. The van der Waals surface area contributed by atoms with Crippen molar-refractivity contribution >= 4 is 11.8 Å². The zero-order chi connectivity index (χ0) is 15.3. The van der Waals surface area contributed by atoms with E-state index in [-0.39, 0.29) is 23.8 Å². The van der Waals surface area contributed by atoms with E-state index >= 15 is 0 Å². The van der Waals surface area contributed by atoms with E-state index in [0.717, 1.165) is 38.0 Å². The van der Waals surface area contributed by atoms with Gasteiger partial charge in [-0.2, -0.15) is 5.10 Å². The Morgan fingerprint density at radius 1 is 1.18 bits per heavy atom. The van der Waals surface area contributed by atoms with E-state index in [1.54, 1.807) is 6.20 Å². The topological polar surface area (TPSA) is 58.4 Å². The normalized spacial score (nSPS) is 30.3. The minimum Gasteiger partial charge on any atom is -0.341 e. The van der Waals surface area contributed by atoms with Crippen molar-refractivity contribution < 1.29 is 9.59 Å². The molecule has 22 heavy (non-hydrogen) atoms. The summed E-state index contributed by atoms with van der Waals surface area (Å²) in [4.78, 5) is 29.2. The third-order valence-corrected chi connectivity index (χ3v) is 5.23. The van der Waals surface area contributed by atoms with Crippen LogP contribution in [0.5, 0.6) is 0 Å². The molecule has 2 fully saturated rings. The lowest BCUT2D eigenvalue weighted by molar-refractivity contribution is -0.140. The van der Waals surface area contributed by atoms with Crippen LogP contribution in [0.3, 0.4) is 0 Å². The average Bonchev–Trinajstić information content (AvgIpc) is 2.99. The summed E-state index contributed by atoms with van der Waals surface area (Å²) in [5.74, 6) is 0.979. The van der Waals surface area contributed by atoms with Gasteiger partial charge in [-0.25, -0.2) is 0 Å². The number of amides is 2. The molecule has 1 saturated carbocycles. The Morgan fingerprint density at radius 3 is 2.59 bits per heavy atom. The first-order valence-corrected chi connectivity index (χ1v) is 8.25. The van der Waals surface area contributed by atoms with Crippen LogP contribution >= 0.6 is 0 Å². The molecule has 0 N–H and O–H groups in total. The molecular weight excluding hydrogens is 280 g/mol. The molecular formula is C16H22N4O2. The van der Waals surface area contributed by atoms with Gasteiger partial charge < -0.3 is 9.80 Å². The number of fused-ring (bicyclic) bond motifs is 1. The van der Waals surface area contributed by atoms with Crippen molar-refractivity contribution in [2.75, 3.05) is 19.6 Å². The molecule has 0 bridgehead atoms. The maximum atomic E-state index is 12.8. The Bertz CT molecular complexity index is 605. The SMILES string of the molecule is CC1CC1C(=O)N1Cc2ccnn2C(C(=O)N2CCCC2)C1.